The number of fused-ring (bicyclic) bond motifs is 1. The highest BCUT2D eigenvalue weighted by molar-refractivity contribution is 5.79. The largest absolute Gasteiger partial charge is 0.371 e. The van der Waals surface area contributed by atoms with Crippen LogP contribution in [-0.4, -0.2) is 25.1 Å². The number of likely N-dealkylation sites (N-methyl/N-ethyl adjacent to an activating group) is 1. The molecule has 3 rings (SSSR count). The fourth-order valence-corrected chi connectivity index (χ4v) is 2.72. The zero-order chi connectivity index (χ0) is 14.1. The van der Waals surface area contributed by atoms with E-state index >= 15 is 0 Å². The molecule has 2 N–H and O–H groups in total. The molecule has 0 spiro atoms. The number of benzene rings is 1. The van der Waals surface area contributed by atoms with Crippen LogP contribution in [0.5, 0.6) is 0 Å². The van der Waals surface area contributed by atoms with Gasteiger partial charge in [-0.15, -0.1) is 0 Å². The molecule has 0 saturated heterocycles. The van der Waals surface area contributed by atoms with Gasteiger partial charge < -0.3 is 15.5 Å². The number of hydrogen-bond acceptors (Lipinski definition) is 4. The van der Waals surface area contributed by atoms with E-state index in [2.05, 4.69) is 52.2 Å². The van der Waals surface area contributed by atoms with Crippen molar-refractivity contribution < 1.29 is 0 Å². The minimum Gasteiger partial charge on any atom is -0.371 e. The van der Waals surface area contributed by atoms with Gasteiger partial charge in [0.15, 0.2) is 0 Å². The molecule has 0 bridgehead atoms. The first-order chi connectivity index (χ1) is 9.68. The Labute approximate surface area is 119 Å². The minimum absolute atomic E-state index is 0.0227. The van der Waals surface area contributed by atoms with E-state index in [1.54, 1.807) is 0 Å². The van der Waals surface area contributed by atoms with Gasteiger partial charge in [-0.3, -0.25) is 0 Å². The molecule has 1 atom stereocenters. The first-order valence-electron chi connectivity index (χ1n) is 6.96. The van der Waals surface area contributed by atoms with E-state index in [9.17, 15) is 0 Å². The second kappa shape index (κ2) is 5.13. The number of pyridine rings is 1. The van der Waals surface area contributed by atoms with E-state index in [0.717, 1.165) is 24.5 Å². The summed E-state index contributed by atoms with van der Waals surface area (Å²) in [6.07, 6.45) is 1.84. The van der Waals surface area contributed by atoms with E-state index in [-0.39, 0.29) is 6.04 Å². The Kier molecular flexibility index (Phi) is 3.32. The molecule has 0 saturated carbocycles. The summed E-state index contributed by atoms with van der Waals surface area (Å²) >= 11 is 0. The monoisotopic (exact) mass is 268 g/mol. The fraction of sp³-hybridized carbons (Fsp3) is 0.312. The molecule has 0 amide bonds. The van der Waals surface area contributed by atoms with E-state index in [0.29, 0.717) is 0 Å². The number of hydrogen-bond donors (Lipinski definition) is 1. The van der Waals surface area contributed by atoms with Crippen LogP contribution in [0.15, 0.2) is 42.6 Å². The van der Waals surface area contributed by atoms with Crippen molar-refractivity contribution in [2.24, 2.45) is 5.73 Å². The Bertz CT molecular complexity index is 609. The van der Waals surface area contributed by atoms with Crippen LogP contribution in [0.1, 0.15) is 18.5 Å². The molecule has 0 fully saturated rings. The topological polar surface area (TPSA) is 45.4 Å². The molecule has 1 aromatic heterocycles. The Morgan fingerprint density at radius 1 is 1.10 bits per heavy atom. The molecule has 1 aromatic carbocycles. The average molecular weight is 268 g/mol. The molecule has 104 valence electrons. The number of nitrogens with two attached hydrogens (primary N) is 1. The van der Waals surface area contributed by atoms with Crippen LogP contribution >= 0.6 is 0 Å². The maximum Gasteiger partial charge on any atom is 0.137 e. The predicted octanol–water partition coefficient (Wildman–Crippen LogP) is 2.69. The van der Waals surface area contributed by atoms with Crippen LogP contribution < -0.4 is 15.5 Å². The van der Waals surface area contributed by atoms with Crippen molar-refractivity contribution >= 4 is 17.2 Å². The molecule has 0 unspecified atom stereocenters. The van der Waals surface area contributed by atoms with Crippen molar-refractivity contribution in [3.05, 3.63) is 48.2 Å². The SMILES string of the molecule is C[C@@H](N)c1cccnc1N1CCN(C)c2ccccc21. The van der Waals surface area contributed by atoms with Crippen LogP contribution in [-0.2, 0) is 0 Å². The fourth-order valence-electron chi connectivity index (χ4n) is 2.72. The summed E-state index contributed by atoms with van der Waals surface area (Å²) in [5, 5.41) is 0. The molecular formula is C16H20N4. The van der Waals surface area contributed by atoms with Crippen LogP contribution in [0.2, 0.25) is 0 Å². The second-order valence-corrected chi connectivity index (χ2v) is 5.27. The maximum absolute atomic E-state index is 6.09. The molecule has 0 aliphatic carbocycles. The second-order valence-electron chi connectivity index (χ2n) is 5.27. The number of para-hydroxylation sites is 2. The predicted molar refractivity (Wildman–Crippen MR) is 83.6 cm³/mol. The number of nitrogens with zero attached hydrogens (tertiary/aromatic N) is 3. The zero-order valence-corrected chi connectivity index (χ0v) is 12.0. The van der Waals surface area contributed by atoms with Crippen LogP contribution in [0.3, 0.4) is 0 Å². The highest BCUT2D eigenvalue weighted by Crippen LogP contribution is 2.37. The van der Waals surface area contributed by atoms with E-state index in [4.69, 9.17) is 5.73 Å². The van der Waals surface area contributed by atoms with Gasteiger partial charge in [-0.1, -0.05) is 18.2 Å². The summed E-state index contributed by atoms with van der Waals surface area (Å²) in [4.78, 5) is 9.12. The van der Waals surface area contributed by atoms with Gasteiger partial charge in [0.1, 0.15) is 5.82 Å². The molecule has 2 aromatic rings. The Hall–Kier alpha value is -2.07. The lowest BCUT2D eigenvalue weighted by Gasteiger charge is -2.37. The lowest BCUT2D eigenvalue weighted by atomic mass is 10.1. The van der Waals surface area contributed by atoms with Gasteiger partial charge >= 0.3 is 0 Å². The standard InChI is InChI=1S/C16H20N4/c1-12(17)13-6-5-9-18-16(13)20-11-10-19(2)14-7-3-4-8-15(14)20/h3-9,12H,10-11,17H2,1-2H3/t12-/m1/s1. The van der Waals surface area contributed by atoms with Gasteiger partial charge in [0.2, 0.25) is 0 Å². The summed E-state index contributed by atoms with van der Waals surface area (Å²) in [5.41, 5.74) is 9.61. The van der Waals surface area contributed by atoms with Crippen LogP contribution in [0.4, 0.5) is 17.2 Å². The quantitative estimate of drug-likeness (QED) is 0.909. The van der Waals surface area contributed by atoms with E-state index in [1.807, 2.05) is 19.2 Å². The Morgan fingerprint density at radius 3 is 2.60 bits per heavy atom. The molecule has 4 heteroatoms. The van der Waals surface area contributed by atoms with Gasteiger partial charge in [-0.2, -0.15) is 0 Å². The molecule has 20 heavy (non-hydrogen) atoms. The average Bonchev–Trinajstić information content (AvgIpc) is 2.48. The van der Waals surface area contributed by atoms with Gasteiger partial charge in [0.05, 0.1) is 11.4 Å². The normalized spacial score (nSPS) is 15.9. The Balaban J connectivity index is 2.11. The summed E-state index contributed by atoms with van der Waals surface area (Å²) in [6, 6.07) is 12.4. The van der Waals surface area contributed by atoms with Crippen molar-refractivity contribution in [1.82, 2.24) is 4.98 Å². The van der Waals surface area contributed by atoms with Gasteiger partial charge in [0.25, 0.3) is 0 Å². The maximum atomic E-state index is 6.09. The summed E-state index contributed by atoms with van der Waals surface area (Å²) in [5.74, 6) is 0.975. The molecule has 1 aliphatic rings. The zero-order valence-electron chi connectivity index (χ0n) is 12.0. The molecular weight excluding hydrogens is 248 g/mol. The van der Waals surface area contributed by atoms with Crippen molar-refractivity contribution in [3.63, 3.8) is 0 Å². The third-order valence-corrected chi connectivity index (χ3v) is 3.81. The van der Waals surface area contributed by atoms with Crippen molar-refractivity contribution in [2.75, 3.05) is 29.9 Å². The van der Waals surface area contributed by atoms with Crippen molar-refractivity contribution in [2.45, 2.75) is 13.0 Å². The van der Waals surface area contributed by atoms with Crippen LogP contribution in [0.25, 0.3) is 0 Å². The summed E-state index contributed by atoms with van der Waals surface area (Å²) < 4.78 is 0. The molecule has 2 heterocycles. The third kappa shape index (κ3) is 2.12. The number of aromatic nitrogens is 1. The highest BCUT2D eigenvalue weighted by Gasteiger charge is 2.24. The van der Waals surface area contributed by atoms with E-state index < -0.39 is 0 Å². The lowest BCUT2D eigenvalue weighted by molar-refractivity contribution is 0.775. The smallest absolute Gasteiger partial charge is 0.137 e. The van der Waals surface area contributed by atoms with Crippen LogP contribution in [0, 0.1) is 0 Å². The number of anilines is 3. The van der Waals surface area contributed by atoms with E-state index in [1.165, 1.54) is 11.4 Å². The first-order valence-corrected chi connectivity index (χ1v) is 6.96. The summed E-state index contributed by atoms with van der Waals surface area (Å²) in [7, 11) is 2.13. The van der Waals surface area contributed by atoms with Crippen molar-refractivity contribution in [1.29, 1.82) is 0 Å². The van der Waals surface area contributed by atoms with Gasteiger partial charge in [-0.05, 0) is 25.1 Å². The molecule has 0 radical (unpaired) electrons. The minimum atomic E-state index is -0.0227. The van der Waals surface area contributed by atoms with Crippen molar-refractivity contribution in [3.8, 4) is 0 Å². The molecule has 1 aliphatic heterocycles. The number of rotatable bonds is 2. The first kappa shape index (κ1) is 12.9. The highest BCUT2D eigenvalue weighted by atomic mass is 15.3. The molecule has 4 nitrogen and oxygen atoms in total. The lowest BCUT2D eigenvalue weighted by Crippen LogP contribution is -2.37. The Morgan fingerprint density at radius 2 is 1.85 bits per heavy atom. The third-order valence-electron chi connectivity index (χ3n) is 3.81. The van der Waals surface area contributed by atoms with Gasteiger partial charge in [-0.25, -0.2) is 4.98 Å². The van der Waals surface area contributed by atoms with Gasteiger partial charge in [0, 0.05) is 37.9 Å². The summed E-state index contributed by atoms with van der Waals surface area (Å²) in [6.45, 7) is 3.90.